The van der Waals surface area contributed by atoms with Crippen LogP contribution in [0.3, 0.4) is 0 Å². The zero-order valence-electron chi connectivity index (χ0n) is 7.93. The van der Waals surface area contributed by atoms with Crippen molar-refractivity contribution in [2.24, 2.45) is 0 Å². The highest BCUT2D eigenvalue weighted by Crippen LogP contribution is 2.27. The maximum absolute atomic E-state index is 6.05. The third-order valence-electron chi connectivity index (χ3n) is 3.24. The van der Waals surface area contributed by atoms with E-state index in [1.54, 1.807) is 0 Å². The van der Waals surface area contributed by atoms with Gasteiger partial charge < -0.3 is 4.74 Å². The van der Waals surface area contributed by atoms with E-state index in [2.05, 4.69) is 0 Å². The lowest BCUT2D eigenvalue weighted by Crippen LogP contribution is -2.21. The van der Waals surface area contributed by atoms with Crippen molar-refractivity contribution < 1.29 is 4.74 Å². The van der Waals surface area contributed by atoms with Crippen molar-refractivity contribution in [1.29, 1.82) is 0 Å². The van der Waals surface area contributed by atoms with Crippen LogP contribution in [0.4, 0.5) is 0 Å². The molecule has 70 valence electrons. The Kier molecular flexibility index (Phi) is 3.04. The molecule has 0 radical (unpaired) electrons. The van der Waals surface area contributed by atoms with E-state index in [9.17, 15) is 0 Å². The minimum Gasteiger partial charge on any atom is -0.375 e. The standard InChI is InChI=1S/C11H20O/c1-2-6-10-8-4-5-9-11(12-10)7-3-1/h10-11H,1-9H2. The Labute approximate surface area is 75.5 Å². The minimum absolute atomic E-state index is 0.623. The molecule has 2 aliphatic heterocycles. The summed E-state index contributed by atoms with van der Waals surface area (Å²) in [7, 11) is 0. The van der Waals surface area contributed by atoms with Crippen LogP contribution in [-0.2, 0) is 4.74 Å². The Balaban J connectivity index is 1.92. The van der Waals surface area contributed by atoms with Crippen molar-refractivity contribution in [3.8, 4) is 0 Å². The van der Waals surface area contributed by atoms with Gasteiger partial charge in [-0.1, -0.05) is 32.1 Å². The first kappa shape index (κ1) is 8.55. The van der Waals surface area contributed by atoms with Gasteiger partial charge in [0.1, 0.15) is 0 Å². The second-order valence-electron chi connectivity index (χ2n) is 4.30. The average molecular weight is 168 g/mol. The smallest absolute Gasteiger partial charge is 0.0578 e. The van der Waals surface area contributed by atoms with Crippen LogP contribution in [0, 0.1) is 0 Å². The lowest BCUT2D eigenvalue weighted by atomic mass is 10.0. The van der Waals surface area contributed by atoms with Gasteiger partial charge >= 0.3 is 0 Å². The van der Waals surface area contributed by atoms with Crippen molar-refractivity contribution in [3.63, 3.8) is 0 Å². The molecule has 2 bridgehead atoms. The van der Waals surface area contributed by atoms with Crippen molar-refractivity contribution in [3.05, 3.63) is 0 Å². The molecule has 0 amide bonds. The fourth-order valence-corrected chi connectivity index (χ4v) is 2.50. The normalized spacial score (nSPS) is 38.0. The number of fused-ring (bicyclic) bond motifs is 2. The van der Waals surface area contributed by atoms with E-state index in [1.807, 2.05) is 0 Å². The first-order valence-corrected chi connectivity index (χ1v) is 5.60. The second kappa shape index (κ2) is 4.27. The molecule has 2 fully saturated rings. The van der Waals surface area contributed by atoms with Crippen LogP contribution in [-0.4, -0.2) is 12.2 Å². The lowest BCUT2D eigenvalue weighted by Gasteiger charge is -2.24. The van der Waals surface area contributed by atoms with Crippen LogP contribution < -0.4 is 0 Å². The van der Waals surface area contributed by atoms with Gasteiger partial charge in [-0.25, -0.2) is 0 Å². The number of ether oxygens (including phenoxy) is 1. The Morgan fingerprint density at radius 1 is 0.583 bits per heavy atom. The molecule has 0 saturated carbocycles. The van der Waals surface area contributed by atoms with Crippen LogP contribution in [0.2, 0.25) is 0 Å². The van der Waals surface area contributed by atoms with Crippen molar-refractivity contribution in [1.82, 2.24) is 0 Å². The Hall–Kier alpha value is -0.0400. The molecular weight excluding hydrogens is 148 g/mol. The predicted molar refractivity (Wildman–Crippen MR) is 50.2 cm³/mol. The molecule has 12 heavy (non-hydrogen) atoms. The minimum atomic E-state index is 0.623. The molecule has 0 aromatic carbocycles. The van der Waals surface area contributed by atoms with Crippen molar-refractivity contribution in [2.75, 3.05) is 0 Å². The van der Waals surface area contributed by atoms with E-state index < -0.39 is 0 Å². The van der Waals surface area contributed by atoms with Gasteiger partial charge in [0.05, 0.1) is 12.2 Å². The van der Waals surface area contributed by atoms with Crippen LogP contribution in [0.1, 0.15) is 57.8 Å². The quantitative estimate of drug-likeness (QED) is 0.539. The molecule has 1 heteroatoms. The summed E-state index contributed by atoms with van der Waals surface area (Å²) < 4.78 is 6.05. The van der Waals surface area contributed by atoms with Gasteiger partial charge in [-0.2, -0.15) is 0 Å². The molecule has 2 atom stereocenters. The lowest BCUT2D eigenvalue weighted by molar-refractivity contribution is -0.0250. The predicted octanol–water partition coefficient (Wildman–Crippen LogP) is 3.28. The zero-order chi connectivity index (χ0) is 8.23. The fourth-order valence-electron chi connectivity index (χ4n) is 2.50. The topological polar surface area (TPSA) is 9.23 Å². The van der Waals surface area contributed by atoms with Gasteiger partial charge in [0.25, 0.3) is 0 Å². The monoisotopic (exact) mass is 168 g/mol. The molecule has 2 rings (SSSR count). The van der Waals surface area contributed by atoms with Gasteiger partial charge in [0.15, 0.2) is 0 Å². The van der Waals surface area contributed by atoms with Gasteiger partial charge in [-0.15, -0.1) is 0 Å². The third-order valence-corrected chi connectivity index (χ3v) is 3.24. The Morgan fingerprint density at radius 2 is 1.00 bits per heavy atom. The van der Waals surface area contributed by atoms with E-state index in [1.165, 1.54) is 57.8 Å². The van der Waals surface area contributed by atoms with E-state index in [4.69, 9.17) is 4.74 Å². The summed E-state index contributed by atoms with van der Waals surface area (Å²) in [5.41, 5.74) is 0. The van der Waals surface area contributed by atoms with E-state index >= 15 is 0 Å². The molecule has 0 N–H and O–H groups in total. The first-order valence-electron chi connectivity index (χ1n) is 5.60. The largest absolute Gasteiger partial charge is 0.375 e. The molecular formula is C11H20O. The van der Waals surface area contributed by atoms with E-state index in [0.717, 1.165) is 0 Å². The summed E-state index contributed by atoms with van der Waals surface area (Å²) in [6, 6.07) is 0. The highest BCUT2D eigenvalue weighted by atomic mass is 16.5. The molecule has 0 spiro atoms. The molecule has 1 nitrogen and oxygen atoms in total. The SMILES string of the molecule is C1CCC2CCCCC(CC1)O2. The molecule has 2 saturated heterocycles. The van der Waals surface area contributed by atoms with Gasteiger partial charge in [0, 0.05) is 0 Å². The highest BCUT2D eigenvalue weighted by Gasteiger charge is 2.21. The maximum atomic E-state index is 6.05. The van der Waals surface area contributed by atoms with Crippen molar-refractivity contribution >= 4 is 0 Å². The van der Waals surface area contributed by atoms with Gasteiger partial charge in [-0.05, 0) is 25.7 Å². The fraction of sp³-hybridized carbons (Fsp3) is 1.00. The number of hydrogen-bond acceptors (Lipinski definition) is 1. The van der Waals surface area contributed by atoms with Crippen LogP contribution >= 0.6 is 0 Å². The average Bonchev–Trinajstić information content (AvgIpc) is 2.25. The van der Waals surface area contributed by atoms with Gasteiger partial charge in [-0.3, -0.25) is 0 Å². The molecule has 0 aliphatic carbocycles. The summed E-state index contributed by atoms with van der Waals surface area (Å²) >= 11 is 0. The molecule has 2 aliphatic rings. The summed E-state index contributed by atoms with van der Waals surface area (Å²) in [4.78, 5) is 0. The molecule has 0 aromatic rings. The number of rotatable bonds is 0. The summed E-state index contributed by atoms with van der Waals surface area (Å²) in [6.07, 6.45) is 13.6. The van der Waals surface area contributed by atoms with Crippen LogP contribution in [0.25, 0.3) is 0 Å². The van der Waals surface area contributed by atoms with Crippen LogP contribution in [0.15, 0.2) is 0 Å². The second-order valence-corrected chi connectivity index (χ2v) is 4.30. The van der Waals surface area contributed by atoms with E-state index in [0.29, 0.717) is 12.2 Å². The highest BCUT2D eigenvalue weighted by molar-refractivity contribution is 4.72. The third kappa shape index (κ3) is 2.22. The molecule has 2 heterocycles. The van der Waals surface area contributed by atoms with Gasteiger partial charge in [0.2, 0.25) is 0 Å². The molecule has 0 aromatic heterocycles. The number of hydrogen-bond donors (Lipinski definition) is 0. The Morgan fingerprint density at radius 3 is 1.50 bits per heavy atom. The Bertz CT molecular complexity index is 119. The van der Waals surface area contributed by atoms with Crippen molar-refractivity contribution in [2.45, 2.75) is 70.0 Å². The molecule has 2 unspecified atom stereocenters. The summed E-state index contributed by atoms with van der Waals surface area (Å²) in [5.74, 6) is 0. The first-order chi connectivity index (χ1) is 5.95. The van der Waals surface area contributed by atoms with Crippen LogP contribution in [0.5, 0.6) is 0 Å². The zero-order valence-corrected chi connectivity index (χ0v) is 7.93. The summed E-state index contributed by atoms with van der Waals surface area (Å²) in [6.45, 7) is 0. The summed E-state index contributed by atoms with van der Waals surface area (Å²) in [5, 5.41) is 0. The van der Waals surface area contributed by atoms with E-state index in [-0.39, 0.29) is 0 Å². The maximum Gasteiger partial charge on any atom is 0.0578 e.